The van der Waals surface area contributed by atoms with Crippen molar-refractivity contribution in [1.82, 2.24) is 0 Å². The van der Waals surface area contributed by atoms with Crippen molar-refractivity contribution in [3.8, 4) is 11.8 Å². The predicted octanol–water partition coefficient (Wildman–Crippen LogP) is 4.24. The Morgan fingerprint density at radius 3 is 2.55 bits per heavy atom. The van der Waals surface area contributed by atoms with Crippen molar-refractivity contribution >= 4 is 33.3 Å². The molecule has 2 rings (SSSR count). The van der Waals surface area contributed by atoms with Crippen molar-refractivity contribution in [2.75, 3.05) is 6.61 Å². The lowest BCUT2D eigenvalue weighted by Gasteiger charge is -2.07. The van der Waals surface area contributed by atoms with E-state index < -0.39 is 0 Å². The van der Waals surface area contributed by atoms with Gasteiger partial charge in [-0.05, 0) is 42.5 Å². The number of rotatable bonds is 4. The summed E-state index contributed by atoms with van der Waals surface area (Å²) in [6.45, 7) is -0.104. The van der Waals surface area contributed by atoms with E-state index in [0.717, 1.165) is 4.47 Å². The zero-order valence-corrected chi connectivity index (χ0v) is 12.6. The highest BCUT2D eigenvalue weighted by molar-refractivity contribution is 9.10. The standard InChI is InChI=1S/C15H9BrClNO2/c16-12-5-6-15(13(17)7-12)20-9-14(19)11-3-1-10(8-18)2-4-11/h1-7H,9H2. The van der Waals surface area contributed by atoms with E-state index >= 15 is 0 Å². The van der Waals surface area contributed by atoms with Crippen LogP contribution in [0.25, 0.3) is 0 Å². The van der Waals surface area contributed by atoms with Crippen molar-refractivity contribution in [3.05, 3.63) is 63.1 Å². The summed E-state index contributed by atoms with van der Waals surface area (Å²) in [5.74, 6) is 0.283. The van der Waals surface area contributed by atoms with E-state index in [2.05, 4.69) is 15.9 Å². The van der Waals surface area contributed by atoms with E-state index in [-0.39, 0.29) is 12.4 Å². The van der Waals surface area contributed by atoms with Crippen LogP contribution in [-0.4, -0.2) is 12.4 Å². The first-order chi connectivity index (χ1) is 9.60. The van der Waals surface area contributed by atoms with Gasteiger partial charge < -0.3 is 4.74 Å². The van der Waals surface area contributed by atoms with E-state index in [4.69, 9.17) is 21.6 Å². The maximum Gasteiger partial charge on any atom is 0.200 e. The molecule has 0 saturated carbocycles. The Hall–Kier alpha value is -1.83. The Morgan fingerprint density at radius 2 is 1.95 bits per heavy atom. The summed E-state index contributed by atoms with van der Waals surface area (Å²) in [5.41, 5.74) is 1.01. The van der Waals surface area contributed by atoms with Crippen molar-refractivity contribution in [3.63, 3.8) is 0 Å². The maximum absolute atomic E-state index is 11.9. The van der Waals surface area contributed by atoms with E-state index in [9.17, 15) is 4.79 Å². The van der Waals surface area contributed by atoms with Crippen molar-refractivity contribution < 1.29 is 9.53 Å². The molecule has 2 aromatic carbocycles. The number of ether oxygens (including phenoxy) is 1. The summed E-state index contributed by atoms with van der Waals surface area (Å²) in [7, 11) is 0. The first kappa shape index (κ1) is 14.6. The van der Waals surface area contributed by atoms with Gasteiger partial charge in [0.05, 0.1) is 16.7 Å². The van der Waals surface area contributed by atoms with Gasteiger partial charge in [-0.25, -0.2) is 0 Å². The van der Waals surface area contributed by atoms with Gasteiger partial charge in [0.1, 0.15) is 5.75 Å². The summed E-state index contributed by atoms with van der Waals surface area (Å²) >= 11 is 9.29. The quantitative estimate of drug-likeness (QED) is 0.775. The average Bonchev–Trinajstić information content (AvgIpc) is 2.46. The minimum Gasteiger partial charge on any atom is -0.484 e. The van der Waals surface area contributed by atoms with Crippen molar-refractivity contribution in [2.24, 2.45) is 0 Å². The number of nitrogens with zero attached hydrogens (tertiary/aromatic N) is 1. The topological polar surface area (TPSA) is 50.1 Å². The van der Waals surface area contributed by atoms with Crippen LogP contribution in [0.4, 0.5) is 0 Å². The predicted molar refractivity (Wildman–Crippen MR) is 80.1 cm³/mol. The van der Waals surface area contributed by atoms with Gasteiger partial charge in [-0.1, -0.05) is 27.5 Å². The first-order valence-electron chi connectivity index (χ1n) is 5.71. The summed E-state index contributed by atoms with van der Waals surface area (Å²) in [5, 5.41) is 9.13. The van der Waals surface area contributed by atoms with Gasteiger partial charge in [-0.2, -0.15) is 5.26 Å². The lowest BCUT2D eigenvalue weighted by molar-refractivity contribution is 0.0921. The first-order valence-corrected chi connectivity index (χ1v) is 6.88. The molecule has 0 atom stereocenters. The second-order valence-corrected chi connectivity index (χ2v) is 5.30. The van der Waals surface area contributed by atoms with Crippen LogP contribution in [0.1, 0.15) is 15.9 Å². The minimum atomic E-state index is -0.173. The lowest BCUT2D eigenvalue weighted by atomic mass is 10.1. The minimum absolute atomic E-state index is 0.104. The number of carbonyl (C=O) groups excluding carboxylic acids is 1. The van der Waals surface area contributed by atoms with Crippen molar-refractivity contribution in [1.29, 1.82) is 5.26 Å². The molecule has 3 nitrogen and oxygen atoms in total. The van der Waals surface area contributed by atoms with Gasteiger partial charge in [0.2, 0.25) is 0 Å². The molecular formula is C15H9BrClNO2. The van der Waals surface area contributed by atoms with E-state index in [0.29, 0.717) is 21.9 Å². The van der Waals surface area contributed by atoms with Crippen LogP contribution in [0.15, 0.2) is 46.9 Å². The molecule has 0 fully saturated rings. The van der Waals surface area contributed by atoms with E-state index in [1.807, 2.05) is 6.07 Å². The molecule has 0 unspecified atom stereocenters. The van der Waals surface area contributed by atoms with Crippen LogP contribution >= 0.6 is 27.5 Å². The van der Waals surface area contributed by atoms with Gasteiger partial charge in [0.25, 0.3) is 0 Å². The molecule has 0 aliphatic carbocycles. The molecule has 0 heterocycles. The molecule has 0 saturated heterocycles. The molecule has 0 N–H and O–H groups in total. The third-order valence-electron chi connectivity index (χ3n) is 2.59. The Kier molecular flexibility index (Phi) is 4.78. The monoisotopic (exact) mass is 349 g/mol. The summed E-state index contributed by atoms with van der Waals surface area (Å²) in [6.07, 6.45) is 0. The SMILES string of the molecule is N#Cc1ccc(C(=O)COc2ccc(Br)cc2Cl)cc1. The molecule has 0 aromatic heterocycles. The van der Waals surface area contributed by atoms with Crippen LogP contribution in [0.3, 0.4) is 0 Å². The zero-order chi connectivity index (χ0) is 14.5. The van der Waals surface area contributed by atoms with Crippen LogP contribution in [0.2, 0.25) is 5.02 Å². The van der Waals surface area contributed by atoms with Gasteiger partial charge in [0, 0.05) is 10.0 Å². The molecule has 20 heavy (non-hydrogen) atoms. The molecule has 0 radical (unpaired) electrons. The zero-order valence-electron chi connectivity index (χ0n) is 10.3. The number of halogens is 2. The molecule has 0 bridgehead atoms. The normalized spacial score (nSPS) is 9.85. The van der Waals surface area contributed by atoms with Gasteiger partial charge in [0.15, 0.2) is 12.4 Å². The van der Waals surface area contributed by atoms with Gasteiger partial charge >= 0.3 is 0 Å². The summed E-state index contributed by atoms with van der Waals surface area (Å²) in [4.78, 5) is 11.9. The van der Waals surface area contributed by atoms with Gasteiger partial charge in [-0.15, -0.1) is 0 Å². The van der Waals surface area contributed by atoms with Crippen molar-refractivity contribution in [2.45, 2.75) is 0 Å². The highest BCUT2D eigenvalue weighted by atomic mass is 79.9. The molecule has 0 amide bonds. The molecule has 0 aliphatic heterocycles. The summed E-state index contributed by atoms with van der Waals surface area (Å²) < 4.78 is 6.24. The molecule has 100 valence electrons. The van der Waals surface area contributed by atoms with E-state index in [1.165, 1.54) is 0 Å². The van der Waals surface area contributed by atoms with E-state index in [1.54, 1.807) is 42.5 Å². The highest BCUT2D eigenvalue weighted by Gasteiger charge is 2.09. The molecule has 0 aliphatic rings. The average molecular weight is 351 g/mol. The smallest absolute Gasteiger partial charge is 0.200 e. The second-order valence-electron chi connectivity index (χ2n) is 3.98. The van der Waals surface area contributed by atoms with Gasteiger partial charge in [-0.3, -0.25) is 4.79 Å². The Bertz CT molecular complexity index is 677. The summed E-state index contributed by atoms with van der Waals surface area (Å²) in [6, 6.07) is 13.6. The fraction of sp³-hybridized carbons (Fsp3) is 0.0667. The third kappa shape index (κ3) is 3.60. The van der Waals surface area contributed by atoms with Crippen LogP contribution in [-0.2, 0) is 0 Å². The fourth-order valence-corrected chi connectivity index (χ4v) is 2.28. The number of nitriles is 1. The molecule has 2 aromatic rings. The number of benzene rings is 2. The number of hydrogen-bond donors (Lipinski definition) is 0. The Balaban J connectivity index is 2.03. The lowest BCUT2D eigenvalue weighted by Crippen LogP contribution is -2.11. The Morgan fingerprint density at radius 1 is 1.25 bits per heavy atom. The Labute approximate surface area is 129 Å². The number of ketones is 1. The second kappa shape index (κ2) is 6.56. The van der Waals surface area contributed by atoms with Crippen LogP contribution in [0, 0.1) is 11.3 Å². The van der Waals surface area contributed by atoms with Crippen LogP contribution < -0.4 is 4.74 Å². The maximum atomic E-state index is 11.9. The molecule has 5 heteroatoms. The number of carbonyl (C=O) groups is 1. The van der Waals surface area contributed by atoms with Crippen LogP contribution in [0.5, 0.6) is 5.75 Å². The number of hydrogen-bond acceptors (Lipinski definition) is 3. The largest absolute Gasteiger partial charge is 0.484 e. The molecule has 0 spiro atoms. The number of Topliss-reactive ketones (excluding diaryl/α,β-unsaturated/α-hetero) is 1. The molecular weight excluding hydrogens is 342 g/mol. The highest BCUT2D eigenvalue weighted by Crippen LogP contribution is 2.27. The third-order valence-corrected chi connectivity index (χ3v) is 3.38. The fourth-order valence-electron chi connectivity index (χ4n) is 1.55.